The van der Waals surface area contributed by atoms with E-state index in [9.17, 15) is 13.2 Å². The molecular formula is C20H24N2O3S. The number of benzene rings is 2. The van der Waals surface area contributed by atoms with Crippen LogP contribution >= 0.6 is 0 Å². The van der Waals surface area contributed by atoms with Crippen LogP contribution in [0.3, 0.4) is 0 Å². The second-order valence-corrected chi connectivity index (χ2v) is 8.59. The lowest BCUT2D eigenvalue weighted by molar-refractivity contribution is 0.0792. The summed E-state index contributed by atoms with van der Waals surface area (Å²) in [5.41, 5.74) is 3.82. The highest BCUT2D eigenvalue weighted by Crippen LogP contribution is 2.25. The zero-order valence-corrected chi connectivity index (χ0v) is 16.2. The third-order valence-electron chi connectivity index (χ3n) is 4.70. The molecule has 0 saturated carbocycles. The first-order valence-corrected chi connectivity index (χ1v) is 10.3. The van der Waals surface area contributed by atoms with E-state index in [1.54, 1.807) is 17.0 Å². The first kappa shape index (κ1) is 18.5. The van der Waals surface area contributed by atoms with Gasteiger partial charge in [0.1, 0.15) is 0 Å². The molecule has 0 radical (unpaired) electrons. The monoisotopic (exact) mass is 372 g/mol. The normalized spacial score (nSPS) is 14.5. The summed E-state index contributed by atoms with van der Waals surface area (Å²) >= 11 is 0. The fraction of sp³-hybridized carbons (Fsp3) is 0.350. The Labute approximate surface area is 155 Å². The molecule has 5 nitrogen and oxygen atoms in total. The van der Waals surface area contributed by atoms with Gasteiger partial charge in [0.05, 0.1) is 10.6 Å². The van der Waals surface area contributed by atoms with Crippen molar-refractivity contribution in [3.8, 4) is 0 Å². The summed E-state index contributed by atoms with van der Waals surface area (Å²) in [6.45, 7) is 7.20. The van der Waals surface area contributed by atoms with E-state index in [-0.39, 0.29) is 10.8 Å². The molecule has 6 heteroatoms. The molecule has 138 valence electrons. The van der Waals surface area contributed by atoms with E-state index in [1.807, 2.05) is 32.9 Å². The topological polar surface area (TPSA) is 66.5 Å². The molecule has 3 rings (SSSR count). The number of anilines is 1. The van der Waals surface area contributed by atoms with Crippen molar-refractivity contribution in [2.75, 3.05) is 17.8 Å². The highest BCUT2D eigenvalue weighted by molar-refractivity contribution is 7.92. The Morgan fingerprint density at radius 1 is 1.00 bits per heavy atom. The number of carbonyl (C=O) groups excluding carboxylic acids is 1. The molecule has 0 aromatic heterocycles. The molecule has 1 saturated heterocycles. The Morgan fingerprint density at radius 3 is 2.23 bits per heavy atom. The van der Waals surface area contributed by atoms with Gasteiger partial charge in [-0.25, -0.2) is 8.42 Å². The summed E-state index contributed by atoms with van der Waals surface area (Å²) in [5.74, 6) is -0.109. The van der Waals surface area contributed by atoms with Gasteiger partial charge in [0, 0.05) is 18.7 Å². The number of aryl methyl sites for hydroxylation is 3. The minimum absolute atomic E-state index is 0.0990. The Morgan fingerprint density at radius 2 is 1.62 bits per heavy atom. The maximum absolute atomic E-state index is 12.9. The van der Waals surface area contributed by atoms with E-state index in [2.05, 4.69) is 4.72 Å². The van der Waals surface area contributed by atoms with Crippen LogP contribution in [-0.4, -0.2) is 32.3 Å². The van der Waals surface area contributed by atoms with Crippen molar-refractivity contribution in [3.63, 3.8) is 0 Å². The summed E-state index contributed by atoms with van der Waals surface area (Å²) in [7, 11) is -3.77. The predicted octanol–water partition coefficient (Wildman–Crippen LogP) is 3.65. The minimum Gasteiger partial charge on any atom is -0.339 e. The van der Waals surface area contributed by atoms with Gasteiger partial charge in [0.25, 0.3) is 15.9 Å². The second-order valence-electron chi connectivity index (χ2n) is 6.91. The number of nitrogens with one attached hydrogen (secondary N) is 1. The van der Waals surface area contributed by atoms with E-state index in [4.69, 9.17) is 0 Å². The average Bonchev–Trinajstić information content (AvgIpc) is 3.12. The molecule has 2 aromatic rings. The van der Waals surface area contributed by atoms with Gasteiger partial charge in [-0.1, -0.05) is 23.8 Å². The van der Waals surface area contributed by atoms with E-state index in [0.717, 1.165) is 42.6 Å². The number of hydrogen-bond acceptors (Lipinski definition) is 3. The van der Waals surface area contributed by atoms with Gasteiger partial charge in [-0.05, 0) is 62.9 Å². The summed E-state index contributed by atoms with van der Waals surface area (Å²) in [5, 5.41) is 0. The largest absolute Gasteiger partial charge is 0.339 e. The summed E-state index contributed by atoms with van der Waals surface area (Å²) in [4.78, 5) is 14.4. The predicted molar refractivity (Wildman–Crippen MR) is 103 cm³/mol. The molecule has 2 aromatic carbocycles. The molecular weight excluding hydrogens is 348 g/mol. The number of amides is 1. The molecule has 0 atom stereocenters. The van der Waals surface area contributed by atoms with E-state index in [1.165, 1.54) is 12.1 Å². The maximum atomic E-state index is 12.9. The van der Waals surface area contributed by atoms with E-state index in [0.29, 0.717) is 11.3 Å². The van der Waals surface area contributed by atoms with Crippen LogP contribution in [0.15, 0.2) is 41.3 Å². The standard InChI is InChI=1S/C20H24N2O3S/c1-14-11-15(2)19(16(3)12-14)21-26(24,25)18-8-6-7-17(13-18)20(23)22-9-4-5-10-22/h6-8,11-13,21H,4-5,9-10H2,1-3H3. The van der Waals surface area contributed by atoms with Crippen LogP contribution in [0.1, 0.15) is 39.9 Å². The number of rotatable bonds is 4. The van der Waals surface area contributed by atoms with Crippen LogP contribution in [0.25, 0.3) is 0 Å². The van der Waals surface area contributed by atoms with Gasteiger partial charge in [0.15, 0.2) is 0 Å². The van der Waals surface area contributed by atoms with Crippen molar-refractivity contribution in [2.24, 2.45) is 0 Å². The van der Waals surface area contributed by atoms with Gasteiger partial charge in [0.2, 0.25) is 0 Å². The Hall–Kier alpha value is -2.34. The molecule has 26 heavy (non-hydrogen) atoms. The minimum atomic E-state index is -3.77. The van der Waals surface area contributed by atoms with Gasteiger partial charge >= 0.3 is 0 Å². The molecule has 1 N–H and O–H groups in total. The van der Waals surface area contributed by atoms with E-state index >= 15 is 0 Å². The molecule has 0 unspecified atom stereocenters. The zero-order chi connectivity index (χ0) is 18.9. The summed E-state index contributed by atoms with van der Waals surface area (Å²) in [6, 6.07) is 10.1. The zero-order valence-electron chi connectivity index (χ0n) is 15.4. The quantitative estimate of drug-likeness (QED) is 0.891. The molecule has 1 amide bonds. The average molecular weight is 372 g/mol. The van der Waals surface area contributed by atoms with Gasteiger partial charge in [-0.15, -0.1) is 0 Å². The Bertz CT molecular complexity index is 922. The first-order valence-electron chi connectivity index (χ1n) is 8.78. The fourth-order valence-electron chi connectivity index (χ4n) is 3.43. The van der Waals surface area contributed by atoms with Crippen LogP contribution in [0.4, 0.5) is 5.69 Å². The number of nitrogens with zero attached hydrogens (tertiary/aromatic N) is 1. The Balaban J connectivity index is 1.90. The Kier molecular flexibility index (Phi) is 5.05. The van der Waals surface area contributed by atoms with Crippen molar-refractivity contribution in [1.29, 1.82) is 0 Å². The number of carbonyl (C=O) groups is 1. The van der Waals surface area contributed by atoms with Crippen molar-refractivity contribution in [3.05, 3.63) is 58.7 Å². The third kappa shape index (κ3) is 3.75. The highest BCUT2D eigenvalue weighted by Gasteiger charge is 2.22. The summed E-state index contributed by atoms with van der Waals surface area (Å²) < 4.78 is 28.4. The smallest absolute Gasteiger partial charge is 0.261 e. The third-order valence-corrected chi connectivity index (χ3v) is 6.05. The number of sulfonamides is 1. The van der Waals surface area contributed by atoms with Crippen LogP contribution in [0, 0.1) is 20.8 Å². The summed E-state index contributed by atoms with van der Waals surface area (Å²) in [6.07, 6.45) is 1.99. The maximum Gasteiger partial charge on any atom is 0.261 e. The molecule has 1 heterocycles. The van der Waals surface area contributed by atoms with Crippen molar-refractivity contribution >= 4 is 21.6 Å². The van der Waals surface area contributed by atoms with Crippen molar-refractivity contribution in [1.82, 2.24) is 4.90 Å². The first-order chi connectivity index (χ1) is 12.3. The van der Waals surface area contributed by atoms with Crippen LogP contribution in [0.2, 0.25) is 0 Å². The molecule has 0 bridgehead atoms. The van der Waals surface area contributed by atoms with Crippen LogP contribution in [0.5, 0.6) is 0 Å². The molecule has 1 aliphatic heterocycles. The number of likely N-dealkylation sites (tertiary alicyclic amines) is 1. The molecule has 0 spiro atoms. The van der Waals surface area contributed by atoms with Gasteiger partial charge in [-0.3, -0.25) is 9.52 Å². The lowest BCUT2D eigenvalue weighted by Gasteiger charge is -2.17. The highest BCUT2D eigenvalue weighted by atomic mass is 32.2. The van der Waals surface area contributed by atoms with Crippen LogP contribution < -0.4 is 4.72 Å². The molecule has 0 aliphatic carbocycles. The van der Waals surface area contributed by atoms with Crippen LogP contribution in [-0.2, 0) is 10.0 Å². The van der Waals surface area contributed by atoms with Crippen molar-refractivity contribution in [2.45, 2.75) is 38.5 Å². The second kappa shape index (κ2) is 7.11. The lowest BCUT2D eigenvalue weighted by Crippen LogP contribution is -2.27. The molecule has 1 fully saturated rings. The number of hydrogen-bond donors (Lipinski definition) is 1. The van der Waals surface area contributed by atoms with Gasteiger partial charge < -0.3 is 4.90 Å². The van der Waals surface area contributed by atoms with Crippen molar-refractivity contribution < 1.29 is 13.2 Å². The molecule has 1 aliphatic rings. The van der Waals surface area contributed by atoms with Gasteiger partial charge in [-0.2, -0.15) is 0 Å². The fourth-order valence-corrected chi connectivity index (χ4v) is 4.68. The lowest BCUT2D eigenvalue weighted by atomic mass is 10.1. The van der Waals surface area contributed by atoms with E-state index < -0.39 is 10.0 Å². The SMILES string of the molecule is Cc1cc(C)c(NS(=O)(=O)c2cccc(C(=O)N3CCCC3)c2)c(C)c1.